The highest BCUT2D eigenvalue weighted by Crippen LogP contribution is 2.38. The molecule has 0 aromatic heterocycles. The maximum atomic E-state index is 9.11. The monoisotopic (exact) mass is 306 g/mol. The van der Waals surface area contributed by atoms with Crippen molar-refractivity contribution in [3.8, 4) is 12.1 Å². The van der Waals surface area contributed by atoms with Crippen molar-refractivity contribution in [2.45, 2.75) is 0 Å². The highest BCUT2D eigenvalue weighted by molar-refractivity contribution is 8.21. The summed E-state index contributed by atoms with van der Waals surface area (Å²) in [6, 6.07) is 13.1. The molecule has 0 aliphatic rings. The van der Waals surface area contributed by atoms with Gasteiger partial charge < -0.3 is 0 Å². The van der Waals surface area contributed by atoms with Gasteiger partial charge in [0.05, 0.1) is 9.27 Å². The van der Waals surface area contributed by atoms with Crippen LogP contribution >= 0.6 is 35.1 Å². The van der Waals surface area contributed by atoms with E-state index in [0.29, 0.717) is 10.6 Å². The number of nitriles is 2. The molecule has 0 heterocycles. The Bertz CT molecular complexity index is 570. The Morgan fingerprint density at radius 1 is 1.05 bits per heavy atom. The van der Waals surface area contributed by atoms with Crippen LogP contribution in [-0.2, 0) is 0 Å². The number of benzene rings is 1. The Morgan fingerprint density at radius 2 is 1.58 bits per heavy atom. The van der Waals surface area contributed by atoms with Gasteiger partial charge in [-0.25, -0.2) is 0 Å². The average Bonchev–Trinajstić information content (AvgIpc) is 2.46. The minimum absolute atomic E-state index is 0.0248. The zero-order valence-electron chi connectivity index (χ0n) is 10.5. The van der Waals surface area contributed by atoms with E-state index in [1.807, 2.05) is 55.0 Å². The average molecular weight is 307 g/mol. The standard InChI is InChI=1S/C14H11ClN2S2/c1-18-14(19-2)13(15)12(11(8-16)9-17)10-6-4-3-5-7-10/h3-7H,1-2H3. The van der Waals surface area contributed by atoms with Gasteiger partial charge >= 0.3 is 0 Å². The molecule has 19 heavy (non-hydrogen) atoms. The third kappa shape index (κ3) is 3.81. The van der Waals surface area contributed by atoms with Gasteiger partial charge in [-0.3, -0.25) is 0 Å². The molecule has 5 heteroatoms. The molecular formula is C14H11ClN2S2. The molecule has 0 atom stereocenters. The van der Waals surface area contributed by atoms with Crippen molar-refractivity contribution < 1.29 is 0 Å². The number of hydrogen-bond donors (Lipinski definition) is 0. The summed E-state index contributed by atoms with van der Waals surface area (Å²) in [5, 5.41) is 18.7. The summed E-state index contributed by atoms with van der Waals surface area (Å²) >= 11 is 9.37. The summed E-state index contributed by atoms with van der Waals surface area (Å²) < 4.78 is 0.878. The van der Waals surface area contributed by atoms with Crippen molar-refractivity contribution in [3.05, 3.63) is 50.7 Å². The lowest BCUT2D eigenvalue weighted by Crippen LogP contribution is -1.91. The summed E-state index contributed by atoms with van der Waals surface area (Å²) in [5.41, 5.74) is 1.29. The Kier molecular flexibility index (Phi) is 6.59. The topological polar surface area (TPSA) is 47.6 Å². The third-order valence-electron chi connectivity index (χ3n) is 2.31. The second-order valence-corrected chi connectivity index (χ2v) is 5.62. The van der Waals surface area contributed by atoms with Gasteiger partial charge in [0.2, 0.25) is 0 Å². The van der Waals surface area contributed by atoms with Gasteiger partial charge in [0.25, 0.3) is 0 Å². The highest BCUT2D eigenvalue weighted by atomic mass is 35.5. The molecule has 0 amide bonds. The Hall–Kier alpha value is -1.33. The van der Waals surface area contributed by atoms with E-state index in [9.17, 15) is 0 Å². The van der Waals surface area contributed by atoms with E-state index in [2.05, 4.69) is 0 Å². The van der Waals surface area contributed by atoms with Crippen molar-refractivity contribution >= 4 is 40.7 Å². The van der Waals surface area contributed by atoms with Gasteiger partial charge in [-0.05, 0) is 18.1 Å². The van der Waals surface area contributed by atoms with Gasteiger partial charge in [0, 0.05) is 5.57 Å². The van der Waals surface area contributed by atoms with Gasteiger partial charge in [0.15, 0.2) is 0 Å². The van der Waals surface area contributed by atoms with Crippen LogP contribution in [0.2, 0.25) is 0 Å². The largest absolute Gasteiger partial charge is 0.192 e. The fourth-order valence-corrected chi connectivity index (χ4v) is 3.38. The van der Waals surface area contributed by atoms with E-state index in [-0.39, 0.29) is 5.57 Å². The van der Waals surface area contributed by atoms with E-state index < -0.39 is 0 Å². The summed E-state index contributed by atoms with van der Waals surface area (Å²) in [4.78, 5) is 0. The van der Waals surface area contributed by atoms with E-state index >= 15 is 0 Å². The smallest absolute Gasteiger partial charge is 0.139 e. The number of rotatable bonds is 4. The second-order valence-electron chi connectivity index (χ2n) is 3.35. The molecule has 0 N–H and O–H groups in total. The van der Waals surface area contributed by atoms with Crippen LogP contribution in [0.3, 0.4) is 0 Å². The van der Waals surface area contributed by atoms with Gasteiger partial charge in [-0.15, -0.1) is 23.5 Å². The molecule has 0 unspecified atom stereocenters. The number of hydrogen-bond acceptors (Lipinski definition) is 4. The molecule has 0 aliphatic heterocycles. The first-order valence-corrected chi connectivity index (χ1v) is 8.10. The zero-order valence-corrected chi connectivity index (χ0v) is 12.9. The van der Waals surface area contributed by atoms with Crippen LogP contribution in [0.1, 0.15) is 5.56 Å². The van der Waals surface area contributed by atoms with Crippen molar-refractivity contribution in [1.29, 1.82) is 10.5 Å². The molecule has 1 aromatic rings. The van der Waals surface area contributed by atoms with E-state index in [1.165, 1.54) is 23.5 Å². The van der Waals surface area contributed by atoms with Crippen LogP contribution in [0, 0.1) is 22.7 Å². The van der Waals surface area contributed by atoms with Crippen LogP contribution in [0.25, 0.3) is 5.57 Å². The number of halogens is 1. The highest BCUT2D eigenvalue weighted by Gasteiger charge is 2.16. The van der Waals surface area contributed by atoms with Crippen LogP contribution < -0.4 is 0 Å². The fourth-order valence-electron chi connectivity index (χ4n) is 1.49. The van der Waals surface area contributed by atoms with Gasteiger partial charge in [-0.2, -0.15) is 10.5 Å². The maximum absolute atomic E-state index is 9.11. The first kappa shape index (κ1) is 15.7. The molecule has 96 valence electrons. The SMILES string of the molecule is CSC(SC)=C(Cl)C(=C(C#N)C#N)c1ccccc1. The van der Waals surface area contributed by atoms with Crippen molar-refractivity contribution in [3.63, 3.8) is 0 Å². The first-order valence-electron chi connectivity index (χ1n) is 5.27. The lowest BCUT2D eigenvalue weighted by Gasteiger charge is -2.10. The van der Waals surface area contributed by atoms with Crippen LogP contribution in [0.5, 0.6) is 0 Å². The lowest BCUT2D eigenvalue weighted by atomic mass is 10.0. The fraction of sp³-hybridized carbons (Fsp3) is 0.143. The molecular weight excluding hydrogens is 296 g/mol. The molecule has 0 aliphatic carbocycles. The summed E-state index contributed by atoms with van der Waals surface area (Å²) in [7, 11) is 0. The lowest BCUT2D eigenvalue weighted by molar-refractivity contribution is 1.45. The van der Waals surface area contributed by atoms with Gasteiger partial charge in [0.1, 0.15) is 17.7 Å². The second kappa shape index (κ2) is 7.96. The zero-order chi connectivity index (χ0) is 14.3. The van der Waals surface area contributed by atoms with Crippen molar-refractivity contribution in [2.75, 3.05) is 12.5 Å². The number of nitrogens with zero attached hydrogens (tertiary/aromatic N) is 2. The molecule has 1 aromatic carbocycles. The summed E-state index contributed by atoms with van der Waals surface area (Å²) in [6.07, 6.45) is 3.82. The molecule has 1 rings (SSSR count). The predicted molar refractivity (Wildman–Crippen MR) is 84.5 cm³/mol. The summed E-state index contributed by atoms with van der Waals surface area (Å²) in [5.74, 6) is 0. The molecule has 0 saturated carbocycles. The minimum atomic E-state index is 0.0248. The predicted octanol–water partition coefficient (Wildman–Crippen LogP) is 4.62. The quantitative estimate of drug-likeness (QED) is 0.601. The molecule has 2 nitrogen and oxygen atoms in total. The van der Waals surface area contributed by atoms with E-state index in [1.54, 1.807) is 0 Å². The molecule has 0 spiro atoms. The molecule has 0 fully saturated rings. The minimum Gasteiger partial charge on any atom is -0.192 e. The third-order valence-corrected chi connectivity index (χ3v) is 5.06. The van der Waals surface area contributed by atoms with E-state index in [4.69, 9.17) is 22.1 Å². The first-order chi connectivity index (χ1) is 9.19. The van der Waals surface area contributed by atoms with Crippen molar-refractivity contribution in [2.24, 2.45) is 0 Å². The number of thioether (sulfide) groups is 2. The maximum Gasteiger partial charge on any atom is 0.139 e. The Labute approximate surface area is 126 Å². The normalized spacial score (nSPS) is 9.11. The molecule has 0 radical (unpaired) electrons. The van der Waals surface area contributed by atoms with Crippen LogP contribution in [-0.4, -0.2) is 12.5 Å². The molecule has 0 bridgehead atoms. The van der Waals surface area contributed by atoms with Gasteiger partial charge in [-0.1, -0.05) is 41.9 Å². The summed E-state index contributed by atoms with van der Waals surface area (Å²) in [6.45, 7) is 0. The Balaban J connectivity index is 3.58. The molecule has 0 saturated heterocycles. The van der Waals surface area contributed by atoms with E-state index in [0.717, 1.165) is 9.80 Å². The van der Waals surface area contributed by atoms with Crippen LogP contribution in [0.4, 0.5) is 0 Å². The van der Waals surface area contributed by atoms with Crippen LogP contribution in [0.15, 0.2) is 45.2 Å². The number of allylic oxidation sites excluding steroid dienone is 3. The van der Waals surface area contributed by atoms with Crippen molar-refractivity contribution in [1.82, 2.24) is 0 Å². The Morgan fingerprint density at radius 3 is 2.00 bits per heavy atom.